The van der Waals surface area contributed by atoms with Gasteiger partial charge in [0.25, 0.3) is 0 Å². The second-order valence-corrected chi connectivity index (χ2v) is 6.21. The molecule has 1 aliphatic rings. The van der Waals surface area contributed by atoms with E-state index in [1.165, 1.54) is 12.8 Å². The lowest BCUT2D eigenvalue weighted by molar-refractivity contribution is 0.427. The van der Waals surface area contributed by atoms with Crippen molar-refractivity contribution in [2.75, 3.05) is 12.3 Å². The highest BCUT2D eigenvalue weighted by molar-refractivity contribution is 9.10. The molecule has 0 bridgehead atoms. The fraction of sp³-hybridized carbons (Fsp3) is 0.545. The van der Waals surface area contributed by atoms with Crippen molar-refractivity contribution in [1.82, 2.24) is 10.3 Å². The summed E-state index contributed by atoms with van der Waals surface area (Å²) in [5, 5.41) is 4.07. The van der Waals surface area contributed by atoms with Crippen LogP contribution in [0.1, 0.15) is 19.3 Å². The minimum atomic E-state index is -0.995. The lowest BCUT2D eigenvalue weighted by Gasteiger charge is -2.22. The molecule has 2 heterocycles. The molecule has 1 saturated heterocycles. The Morgan fingerprint density at radius 3 is 3.06 bits per heavy atom. The molecule has 0 radical (unpaired) electrons. The second kappa shape index (κ2) is 5.89. The van der Waals surface area contributed by atoms with Crippen LogP contribution in [0, 0.1) is 0 Å². The van der Waals surface area contributed by atoms with Crippen LogP contribution in [-0.2, 0) is 10.8 Å². The Kier molecular flexibility index (Phi) is 4.49. The van der Waals surface area contributed by atoms with Crippen LogP contribution in [0.5, 0.6) is 0 Å². The topological polar surface area (TPSA) is 42.0 Å². The molecule has 1 aliphatic heterocycles. The quantitative estimate of drug-likeness (QED) is 0.870. The van der Waals surface area contributed by atoms with Crippen LogP contribution in [0.25, 0.3) is 0 Å². The van der Waals surface area contributed by atoms with E-state index in [-0.39, 0.29) is 0 Å². The molecule has 1 N–H and O–H groups in total. The number of halogens is 1. The number of nitrogens with zero attached hydrogens (tertiary/aromatic N) is 1. The van der Waals surface area contributed by atoms with Crippen LogP contribution in [0.4, 0.5) is 0 Å². The molecule has 0 spiro atoms. The lowest BCUT2D eigenvalue weighted by atomic mass is 10.1. The van der Waals surface area contributed by atoms with Crippen LogP contribution < -0.4 is 5.32 Å². The van der Waals surface area contributed by atoms with Crippen LogP contribution in [0.15, 0.2) is 27.8 Å². The van der Waals surface area contributed by atoms with Crippen LogP contribution in [0.2, 0.25) is 0 Å². The van der Waals surface area contributed by atoms with Crippen molar-refractivity contribution in [2.45, 2.75) is 30.3 Å². The fourth-order valence-electron chi connectivity index (χ4n) is 1.85. The van der Waals surface area contributed by atoms with Gasteiger partial charge >= 0.3 is 0 Å². The lowest BCUT2D eigenvalue weighted by Crippen LogP contribution is -2.38. The zero-order valence-electron chi connectivity index (χ0n) is 8.99. The summed E-state index contributed by atoms with van der Waals surface area (Å²) in [5.41, 5.74) is 0. The summed E-state index contributed by atoms with van der Waals surface area (Å²) in [6.07, 6.45) is 3.60. The Labute approximate surface area is 107 Å². The van der Waals surface area contributed by atoms with Gasteiger partial charge < -0.3 is 5.32 Å². The molecular weight excluding hydrogens is 288 g/mol. The zero-order chi connectivity index (χ0) is 11.4. The number of aromatic nitrogens is 1. The molecule has 2 unspecified atom stereocenters. The summed E-state index contributed by atoms with van der Waals surface area (Å²) in [6, 6.07) is 5.93. The molecule has 88 valence electrons. The molecule has 1 fully saturated rings. The molecule has 0 saturated carbocycles. The van der Waals surface area contributed by atoms with Gasteiger partial charge in [-0.3, -0.25) is 4.21 Å². The van der Waals surface area contributed by atoms with Crippen LogP contribution in [-0.4, -0.2) is 27.5 Å². The average Bonchev–Trinajstić information content (AvgIpc) is 2.30. The number of rotatable bonds is 3. The van der Waals surface area contributed by atoms with Gasteiger partial charge in [0.15, 0.2) is 0 Å². The second-order valence-electron chi connectivity index (χ2n) is 3.96. The highest BCUT2D eigenvalue weighted by Gasteiger charge is 2.17. The first-order valence-corrected chi connectivity index (χ1v) is 7.61. The summed E-state index contributed by atoms with van der Waals surface area (Å²) >= 11 is 3.29. The Bertz CT molecular complexity index is 380. The van der Waals surface area contributed by atoms with E-state index in [2.05, 4.69) is 26.2 Å². The molecular formula is C11H15BrN2OS. The van der Waals surface area contributed by atoms with Gasteiger partial charge in [0.2, 0.25) is 0 Å². The highest BCUT2D eigenvalue weighted by atomic mass is 79.9. The normalized spacial score (nSPS) is 22.9. The van der Waals surface area contributed by atoms with Crippen molar-refractivity contribution in [2.24, 2.45) is 0 Å². The SMILES string of the molecule is O=S(CC1CCCCN1)c1cccc(Br)n1. The molecule has 0 aliphatic carbocycles. The summed E-state index contributed by atoms with van der Waals surface area (Å²) in [6.45, 7) is 1.05. The molecule has 2 rings (SSSR count). The minimum absolute atomic E-state index is 0.385. The first kappa shape index (κ1) is 12.2. The molecule has 0 aromatic carbocycles. The highest BCUT2D eigenvalue weighted by Crippen LogP contribution is 2.13. The summed E-state index contributed by atoms with van der Waals surface area (Å²) < 4.78 is 12.8. The first-order valence-electron chi connectivity index (χ1n) is 5.50. The van der Waals surface area contributed by atoms with Gasteiger partial charge in [0, 0.05) is 11.8 Å². The molecule has 2 atom stereocenters. The van der Waals surface area contributed by atoms with Crippen molar-refractivity contribution in [3.8, 4) is 0 Å². The predicted molar refractivity (Wildman–Crippen MR) is 68.9 cm³/mol. The first-order chi connectivity index (χ1) is 7.75. The van der Waals surface area contributed by atoms with Crippen molar-refractivity contribution in [1.29, 1.82) is 0 Å². The van der Waals surface area contributed by atoms with Gasteiger partial charge in [-0.25, -0.2) is 4.98 Å². The minimum Gasteiger partial charge on any atom is -0.313 e. The van der Waals surface area contributed by atoms with Gasteiger partial charge in [-0.15, -0.1) is 0 Å². The number of nitrogens with one attached hydrogen (secondary N) is 1. The van der Waals surface area contributed by atoms with E-state index >= 15 is 0 Å². The molecule has 1 aromatic rings. The smallest absolute Gasteiger partial charge is 0.128 e. The van der Waals surface area contributed by atoms with Gasteiger partial charge in [-0.2, -0.15) is 0 Å². The van der Waals surface area contributed by atoms with Gasteiger partial charge in [-0.05, 0) is 47.4 Å². The number of piperidine rings is 1. The summed E-state index contributed by atoms with van der Waals surface area (Å²) in [7, 11) is -0.995. The number of hydrogen-bond acceptors (Lipinski definition) is 3. The Balaban J connectivity index is 1.97. The standard InChI is InChI=1S/C11H15BrN2OS/c12-10-5-3-6-11(14-10)16(15)8-9-4-1-2-7-13-9/h3,5-6,9,13H,1-2,4,7-8H2. The van der Waals surface area contributed by atoms with Gasteiger partial charge in [0.05, 0.1) is 10.8 Å². The molecule has 5 heteroatoms. The zero-order valence-corrected chi connectivity index (χ0v) is 11.4. The molecule has 3 nitrogen and oxygen atoms in total. The number of pyridine rings is 1. The monoisotopic (exact) mass is 302 g/mol. The maximum atomic E-state index is 12.1. The summed E-state index contributed by atoms with van der Waals surface area (Å²) in [5.74, 6) is 0.670. The predicted octanol–water partition coefficient (Wildman–Crippen LogP) is 2.09. The van der Waals surface area contributed by atoms with Gasteiger partial charge in [-0.1, -0.05) is 12.5 Å². The number of hydrogen-bond donors (Lipinski definition) is 1. The molecule has 0 amide bonds. The Morgan fingerprint density at radius 2 is 2.38 bits per heavy atom. The van der Waals surface area contributed by atoms with E-state index in [4.69, 9.17) is 0 Å². The van der Waals surface area contributed by atoms with E-state index in [0.29, 0.717) is 16.8 Å². The fourth-order valence-corrected chi connectivity index (χ4v) is 3.56. The third kappa shape index (κ3) is 3.37. The van der Waals surface area contributed by atoms with Crippen LogP contribution in [0.3, 0.4) is 0 Å². The van der Waals surface area contributed by atoms with E-state index < -0.39 is 10.8 Å². The maximum Gasteiger partial charge on any atom is 0.128 e. The van der Waals surface area contributed by atoms with E-state index in [1.807, 2.05) is 18.2 Å². The maximum absolute atomic E-state index is 12.1. The Hall–Kier alpha value is -0.260. The molecule has 1 aromatic heterocycles. The van der Waals surface area contributed by atoms with Crippen molar-refractivity contribution in [3.63, 3.8) is 0 Å². The van der Waals surface area contributed by atoms with E-state index in [9.17, 15) is 4.21 Å². The Morgan fingerprint density at radius 1 is 1.50 bits per heavy atom. The van der Waals surface area contributed by atoms with Crippen molar-refractivity contribution in [3.05, 3.63) is 22.8 Å². The van der Waals surface area contributed by atoms with E-state index in [1.54, 1.807) is 0 Å². The van der Waals surface area contributed by atoms with Crippen LogP contribution >= 0.6 is 15.9 Å². The van der Waals surface area contributed by atoms with E-state index in [0.717, 1.165) is 17.6 Å². The summed E-state index contributed by atoms with van der Waals surface area (Å²) in [4.78, 5) is 4.23. The average molecular weight is 303 g/mol. The van der Waals surface area contributed by atoms with Crippen molar-refractivity contribution < 1.29 is 4.21 Å². The van der Waals surface area contributed by atoms with Crippen molar-refractivity contribution >= 4 is 26.7 Å². The van der Waals surface area contributed by atoms with Gasteiger partial charge in [0.1, 0.15) is 9.63 Å². The third-order valence-electron chi connectivity index (χ3n) is 2.69. The largest absolute Gasteiger partial charge is 0.313 e. The molecule has 16 heavy (non-hydrogen) atoms. The third-order valence-corrected chi connectivity index (χ3v) is 4.53.